The van der Waals surface area contributed by atoms with E-state index >= 15 is 0 Å². The second kappa shape index (κ2) is 5.71. The molecule has 2 rings (SSSR count). The molecule has 100 valence electrons. The van der Waals surface area contributed by atoms with Gasteiger partial charge < -0.3 is 15.2 Å². The lowest BCUT2D eigenvalue weighted by molar-refractivity contribution is 0.354. The van der Waals surface area contributed by atoms with Crippen LogP contribution in [0.1, 0.15) is 5.56 Å². The Morgan fingerprint density at radius 1 is 1.05 bits per heavy atom. The van der Waals surface area contributed by atoms with E-state index in [2.05, 4.69) is 0 Å². The van der Waals surface area contributed by atoms with Crippen molar-refractivity contribution < 1.29 is 13.9 Å². The summed E-state index contributed by atoms with van der Waals surface area (Å²) < 4.78 is 23.8. The predicted octanol–water partition coefficient (Wildman–Crippen LogP) is 2.97. The van der Waals surface area contributed by atoms with Crippen molar-refractivity contribution in [1.29, 1.82) is 0 Å². The van der Waals surface area contributed by atoms with E-state index in [1.54, 1.807) is 20.3 Å². The van der Waals surface area contributed by atoms with E-state index in [0.29, 0.717) is 18.0 Å². The minimum Gasteiger partial charge on any atom is -0.493 e. The van der Waals surface area contributed by atoms with Crippen LogP contribution in [0.2, 0.25) is 0 Å². The van der Waals surface area contributed by atoms with Gasteiger partial charge in [0.25, 0.3) is 0 Å². The van der Waals surface area contributed by atoms with Gasteiger partial charge in [-0.1, -0.05) is 12.1 Å². The number of rotatable bonds is 4. The highest BCUT2D eigenvalue weighted by Gasteiger charge is 2.12. The van der Waals surface area contributed by atoms with Crippen LogP contribution < -0.4 is 15.2 Å². The molecule has 0 saturated carbocycles. The van der Waals surface area contributed by atoms with Gasteiger partial charge in [-0.25, -0.2) is 4.39 Å². The summed E-state index contributed by atoms with van der Waals surface area (Å²) in [5.41, 5.74) is 8.24. The fraction of sp³-hybridized carbons (Fsp3) is 0.200. The van der Waals surface area contributed by atoms with E-state index in [4.69, 9.17) is 15.2 Å². The van der Waals surface area contributed by atoms with Gasteiger partial charge in [-0.05, 0) is 41.0 Å². The highest BCUT2D eigenvalue weighted by Crippen LogP contribution is 2.35. The minimum atomic E-state index is -0.282. The van der Waals surface area contributed by atoms with E-state index in [-0.39, 0.29) is 5.82 Å². The first kappa shape index (κ1) is 13.4. The summed E-state index contributed by atoms with van der Waals surface area (Å²) in [6.07, 6.45) is 0. The Labute approximate surface area is 111 Å². The standard InChI is InChI=1S/C15H16FNO2/c1-18-14-7-11(9-17)13(8-15(14)19-2)10-4-3-5-12(16)6-10/h3-8H,9,17H2,1-2H3. The summed E-state index contributed by atoms with van der Waals surface area (Å²) in [5.74, 6) is 0.928. The summed E-state index contributed by atoms with van der Waals surface area (Å²) in [7, 11) is 3.13. The number of ether oxygens (including phenoxy) is 2. The molecule has 0 spiro atoms. The first-order valence-corrected chi connectivity index (χ1v) is 5.90. The molecule has 2 aromatic carbocycles. The third kappa shape index (κ3) is 2.69. The molecule has 0 saturated heterocycles. The number of nitrogens with two attached hydrogens (primary N) is 1. The van der Waals surface area contributed by atoms with Crippen LogP contribution in [0.4, 0.5) is 4.39 Å². The van der Waals surface area contributed by atoms with Gasteiger partial charge in [-0.15, -0.1) is 0 Å². The van der Waals surface area contributed by atoms with Gasteiger partial charge >= 0.3 is 0 Å². The van der Waals surface area contributed by atoms with Crippen LogP contribution in [0.3, 0.4) is 0 Å². The molecule has 0 aliphatic heterocycles. The quantitative estimate of drug-likeness (QED) is 0.920. The van der Waals surface area contributed by atoms with Crippen LogP contribution in [0, 0.1) is 5.82 Å². The first-order valence-electron chi connectivity index (χ1n) is 5.90. The van der Waals surface area contributed by atoms with Crippen molar-refractivity contribution in [2.75, 3.05) is 14.2 Å². The van der Waals surface area contributed by atoms with E-state index < -0.39 is 0 Å². The van der Waals surface area contributed by atoms with Gasteiger partial charge in [0.05, 0.1) is 14.2 Å². The molecule has 0 bridgehead atoms. The molecular weight excluding hydrogens is 245 g/mol. The number of hydrogen-bond acceptors (Lipinski definition) is 3. The van der Waals surface area contributed by atoms with Crippen LogP contribution in [0.25, 0.3) is 11.1 Å². The lowest BCUT2D eigenvalue weighted by Gasteiger charge is -2.14. The van der Waals surface area contributed by atoms with Crippen molar-refractivity contribution >= 4 is 0 Å². The lowest BCUT2D eigenvalue weighted by Crippen LogP contribution is -2.01. The molecule has 2 N–H and O–H groups in total. The summed E-state index contributed by atoms with van der Waals surface area (Å²) in [6, 6.07) is 10.0. The average Bonchev–Trinajstić information content (AvgIpc) is 2.45. The van der Waals surface area contributed by atoms with Crippen molar-refractivity contribution in [3.05, 3.63) is 47.8 Å². The minimum absolute atomic E-state index is 0.282. The second-order valence-electron chi connectivity index (χ2n) is 4.08. The Kier molecular flexibility index (Phi) is 4.02. The fourth-order valence-electron chi connectivity index (χ4n) is 2.01. The molecule has 2 aromatic rings. The van der Waals surface area contributed by atoms with Crippen LogP contribution in [0.15, 0.2) is 36.4 Å². The molecule has 0 aliphatic rings. The van der Waals surface area contributed by atoms with Gasteiger partial charge in [0.2, 0.25) is 0 Å². The maximum Gasteiger partial charge on any atom is 0.161 e. The third-order valence-corrected chi connectivity index (χ3v) is 2.96. The summed E-state index contributed by atoms with van der Waals surface area (Å²) in [4.78, 5) is 0. The molecule has 0 radical (unpaired) electrons. The zero-order chi connectivity index (χ0) is 13.8. The van der Waals surface area contributed by atoms with Gasteiger partial charge in [0.1, 0.15) is 5.82 Å². The predicted molar refractivity (Wildman–Crippen MR) is 72.8 cm³/mol. The molecular formula is C15H16FNO2. The molecule has 0 atom stereocenters. The summed E-state index contributed by atoms with van der Waals surface area (Å²) >= 11 is 0. The van der Waals surface area contributed by atoms with Crippen molar-refractivity contribution in [2.45, 2.75) is 6.54 Å². The average molecular weight is 261 g/mol. The van der Waals surface area contributed by atoms with E-state index in [9.17, 15) is 4.39 Å². The Balaban J connectivity index is 2.61. The molecule has 0 aromatic heterocycles. The number of hydrogen-bond donors (Lipinski definition) is 1. The third-order valence-electron chi connectivity index (χ3n) is 2.96. The number of methoxy groups -OCH3 is 2. The smallest absolute Gasteiger partial charge is 0.161 e. The highest BCUT2D eigenvalue weighted by molar-refractivity contribution is 5.71. The van der Waals surface area contributed by atoms with Gasteiger partial charge in [0, 0.05) is 6.54 Å². The molecule has 0 heterocycles. The number of halogens is 1. The molecule has 0 aliphatic carbocycles. The molecule has 19 heavy (non-hydrogen) atoms. The van der Waals surface area contributed by atoms with Crippen LogP contribution in [-0.4, -0.2) is 14.2 Å². The van der Waals surface area contributed by atoms with Crippen LogP contribution >= 0.6 is 0 Å². The number of benzene rings is 2. The SMILES string of the molecule is COc1cc(CN)c(-c2cccc(F)c2)cc1OC. The van der Waals surface area contributed by atoms with Crippen molar-refractivity contribution in [3.8, 4) is 22.6 Å². The molecule has 0 amide bonds. The second-order valence-corrected chi connectivity index (χ2v) is 4.08. The van der Waals surface area contributed by atoms with Gasteiger partial charge in [0.15, 0.2) is 11.5 Å². The lowest BCUT2D eigenvalue weighted by atomic mass is 9.98. The molecule has 0 fully saturated rings. The van der Waals surface area contributed by atoms with E-state index in [1.165, 1.54) is 12.1 Å². The van der Waals surface area contributed by atoms with Crippen molar-refractivity contribution in [2.24, 2.45) is 5.73 Å². The fourth-order valence-corrected chi connectivity index (χ4v) is 2.01. The summed E-state index contributed by atoms with van der Waals surface area (Å²) in [6.45, 7) is 0.339. The van der Waals surface area contributed by atoms with E-state index in [1.807, 2.05) is 18.2 Å². The van der Waals surface area contributed by atoms with Crippen molar-refractivity contribution in [1.82, 2.24) is 0 Å². The Morgan fingerprint density at radius 3 is 2.32 bits per heavy atom. The molecule has 4 heteroatoms. The monoisotopic (exact) mass is 261 g/mol. The maximum absolute atomic E-state index is 13.3. The molecule has 0 unspecified atom stereocenters. The zero-order valence-corrected chi connectivity index (χ0v) is 10.9. The first-order chi connectivity index (χ1) is 9.19. The Morgan fingerprint density at radius 2 is 1.74 bits per heavy atom. The summed E-state index contributed by atoms with van der Waals surface area (Å²) in [5, 5.41) is 0. The highest BCUT2D eigenvalue weighted by atomic mass is 19.1. The van der Waals surface area contributed by atoms with Crippen molar-refractivity contribution in [3.63, 3.8) is 0 Å². The van der Waals surface area contributed by atoms with Gasteiger partial charge in [-0.2, -0.15) is 0 Å². The maximum atomic E-state index is 13.3. The zero-order valence-electron chi connectivity index (χ0n) is 10.9. The van der Waals surface area contributed by atoms with E-state index in [0.717, 1.165) is 16.7 Å². The van der Waals surface area contributed by atoms with Gasteiger partial charge in [-0.3, -0.25) is 0 Å². The Hall–Kier alpha value is -2.07. The Bertz CT molecular complexity index is 584. The normalized spacial score (nSPS) is 10.3. The largest absolute Gasteiger partial charge is 0.493 e. The topological polar surface area (TPSA) is 44.5 Å². The van der Waals surface area contributed by atoms with Crippen LogP contribution in [0.5, 0.6) is 11.5 Å². The molecule has 3 nitrogen and oxygen atoms in total. The van der Waals surface area contributed by atoms with Crippen LogP contribution in [-0.2, 0) is 6.54 Å².